The van der Waals surface area contributed by atoms with E-state index in [-0.39, 0.29) is 0 Å². The first-order chi connectivity index (χ1) is 5.02. The summed E-state index contributed by atoms with van der Waals surface area (Å²) in [6.45, 7) is 6.81. The summed E-state index contributed by atoms with van der Waals surface area (Å²) in [4.78, 5) is 0. The molecule has 0 aromatic rings. The molecule has 1 atom stereocenters. The lowest BCUT2D eigenvalue weighted by Gasteiger charge is -2.41. The first-order valence-corrected chi connectivity index (χ1v) is 5.10. The van der Waals surface area contributed by atoms with Gasteiger partial charge < -0.3 is 0 Å². The third-order valence-corrected chi connectivity index (χ3v) is 3.17. The number of hydrogen-bond donors (Lipinski definition) is 0. The zero-order valence-corrected chi connectivity index (χ0v) is 8.62. The van der Waals surface area contributed by atoms with Crippen LogP contribution >= 0.6 is 11.6 Å². The lowest BCUT2D eigenvalue weighted by molar-refractivity contribution is 0.111. The van der Waals surface area contributed by atoms with Crippen LogP contribution in [-0.4, -0.2) is 5.38 Å². The molecule has 0 N–H and O–H groups in total. The van der Waals surface area contributed by atoms with Gasteiger partial charge in [0.15, 0.2) is 0 Å². The van der Waals surface area contributed by atoms with Crippen LogP contribution in [0.1, 0.15) is 46.5 Å². The highest BCUT2D eigenvalue weighted by Crippen LogP contribution is 2.44. The quantitative estimate of drug-likeness (QED) is 0.571. The minimum atomic E-state index is 0.339. The summed E-state index contributed by atoms with van der Waals surface area (Å²) in [6, 6.07) is 0. The Kier molecular flexibility index (Phi) is 2.85. The Morgan fingerprint density at radius 2 is 2.00 bits per heavy atom. The molecule has 1 aliphatic carbocycles. The molecule has 0 aromatic heterocycles. The van der Waals surface area contributed by atoms with Gasteiger partial charge in [0.2, 0.25) is 0 Å². The Hall–Kier alpha value is 0.290. The highest BCUT2D eigenvalue weighted by atomic mass is 35.5. The van der Waals surface area contributed by atoms with Crippen molar-refractivity contribution in [2.75, 3.05) is 0 Å². The minimum absolute atomic E-state index is 0.339. The molecule has 1 unspecified atom stereocenters. The van der Waals surface area contributed by atoms with Crippen LogP contribution in [0.4, 0.5) is 0 Å². The number of rotatable bonds is 3. The topological polar surface area (TPSA) is 0 Å². The average molecular weight is 175 g/mol. The van der Waals surface area contributed by atoms with E-state index in [1.54, 1.807) is 0 Å². The molecule has 0 radical (unpaired) electrons. The van der Waals surface area contributed by atoms with Crippen LogP contribution in [-0.2, 0) is 0 Å². The summed E-state index contributed by atoms with van der Waals surface area (Å²) in [5.41, 5.74) is 0.486. The number of hydrogen-bond acceptors (Lipinski definition) is 0. The van der Waals surface area contributed by atoms with Crippen molar-refractivity contribution >= 4 is 11.6 Å². The lowest BCUT2D eigenvalue weighted by Crippen LogP contribution is -2.31. The van der Waals surface area contributed by atoms with Crippen LogP contribution in [0, 0.1) is 11.3 Å². The molecular formula is C10H19Cl. The van der Waals surface area contributed by atoms with Gasteiger partial charge in [0.05, 0.1) is 0 Å². The summed E-state index contributed by atoms with van der Waals surface area (Å²) in [7, 11) is 0. The highest BCUT2D eigenvalue weighted by Gasteiger charge is 2.34. The van der Waals surface area contributed by atoms with Crippen LogP contribution < -0.4 is 0 Å². The molecule has 1 fully saturated rings. The van der Waals surface area contributed by atoms with Crippen molar-refractivity contribution in [2.45, 2.75) is 51.8 Å². The molecule has 0 nitrogen and oxygen atoms in total. The normalized spacial score (nSPS) is 22.9. The van der Waals surface area contributed by atoms with Gasteiger partial charge in [0.25, 0.3) is 0 Å². The zero-order valence-electron chi connectivity index (χ0n) is 7.86. The van der Waals surface area contributed by atoms with Crippen LogP contribution in [0.25, 0.3) is 0 Å². The Morgan fingerprint density at radius 3 is 2.27 bits per heavy atom. The van der Waals surface area contributed by atoms with Gasteiger partial charge in [0, 0.05) is 5.38 Å². The average Bonchev–Trinajstić information content (AvgIpc) is 1.50. The maximum Gasteiger partial charge on any atom is 0.0313 e. The van der Waals surface area contributed by atoms with E-state index in [0.29, 0.717) is 10.8 Å². The Morgan fingerprint density at radius 1 is 1.45 bits per heavy atom. The fourth-order valence-electron chi connectivity index (χ4n) is 2.08. The smallest absolute Gasteiger partial charge is 0.0313 e. The molecule has 0 aromatic carbocycles. The second kappa shape index (κ2) is 3.35. The molecule has 1 heteroatoms. The Bertz CT molecular complexity index is 123. The van der Waals surface area contributed by atoms with Crippen molar-refractivity contribution in [1.82, 2.24) is 0 Å². The Balaban J connectivity index is 2.37. The molecule has 11 heavy (non-hydrogen) atoms. The summed E-state index contributed by atoms with van der Waals surface area (Å²) in [5, 5.41) is 0.339. The third kappa shape index (κ3) is 2.37. The molecule has 0 bridgehead atoms. The van der Waals surface area contributed by atoms with Gasteiger partial charge in [-0.15, -0.1) is 11.6 Å². The summed E-state index contributed by atoms with van der Waals surface area (Å²) in [6.07, 6.45) is 5.46. The molecule has 0 spiro atoms. The molecule has 1 saturated carbocycles. The molecule has 0 heterocycles. The van der Waals surface area contributed by atoms with E-state index < -0.39 is 0 Å². The first-order valence-electron chi connectivity index (χ1n) is 4.66. The van der Waals surface area contributed by atoms with Crippen molar-refractivity contribution in [3.8, 4) is 0 Å². The summed E-state index contributed by atoms with van der Waals surface area (Å²) in [5.74, 6) is 0.948. The van der Waals surface area contributed by atoms with E-state index in [1.807, 2.05) is 0 Å². The predicted molar refractivity (Wildman–Crippen MR) is 51.1 cm³/mol. The van der Waals surface area contributed by atoms with Gasteiger partial charge in [-0.05, 0) is 37.5 Å². The SMILES string of the molecule is CC(Cl)CC(C)(C)C1CCC1. The molecular weight excluding hydrogens is 156 g/mol. The highest BCUT2D eigenvalue weighted by molar-refractivity contribution is 6.20. The zero-order chi connectivity index (χ0) is 8.48. The second-order valence-electron chi connectivity index (χ2n) is 4.60. The van der Waals surface area contributed by atoms with Gasteiger partial charge >= 0.3 is 0 Å². The van der Waals surface area contributed by atoms with Crippen LogP contribution in [0.15, 0.2) is 0 Å². The van der Waals surface area contributed by atoms with Crippen molar-refractivity contribution in [2.24, 2.45) is 11.3 Å². The van der Waals surface area contributed by atoms with E-state index in [1.165, 1.54) is 25.7 Å². The minimum Gasteiger partial charge on any atom is -0.123 e. The maximum absolute atomic E-state index is 5.99. The van der Waals surface area contributed by atoms with E-state index in [4.69, 9.17) is 11.6 Å². The molecule has 66 valence electrons. The van der Waals surface area contributed by atoms with E-state index in [0.717, 1.165) is 5.92 Å². The predicted octanol–water partition coefficient (Wildman–Crippen LogP) is 3.83. The van der Waals surface area contributed by atoms with Crippen molar-refractivity contribution in [3.05, 3.63) is 0 Å². The Labute approximate surface area is 75.3 Å². The lowest BCUT2D eigenvalue weighted by atomic mass is 9.65. The monoisotopic (exact) mass is 174 g/mol. The van der Waals surface area contributed by atoms with E-state index >= 15 is 0 Å². The number of halogens is 1. The molecule has 1 rings (SSSR count). The molecule has 1 aliphatic rings. The summed E-state index contributed by atoms with van der Waals surface area (Å²) < 4.78 is 0. The summed E-state index contributed by atoms with van der Waals surface area (Å²) >= 11 is 5.99. The molecule has 0 aliphatic heterocycles. The van der Waals surface area contributed by atoms with Crippen molar-refractivity contribution < 1.29 is 0 Å². The molecule has 0 saturated heterocycles. The maximum atomic E-state index is 5.99. The van der Waals surface area contributed by atoms with Gasteiger partial charge in [0.1, 0.15) is 0 Å². The van der Waals surface area contributed by atoms with Crippen molar-refractivity contribution in [3.63, 3.8) is 0 Å². The van der Waals surface area contributed by atoms with Gasteiger partial charge in [-0.2, -0.15) is 0 Å². The van der Waals surface area contributed by atoms with Crippen molar-refractivity contribution in [1.29, 1.82) is 0 Å². The van der Waals surface area contributed by atoms with Crippen LogP contribution in [0.3, 0.4) is 0 Å². The van der Waals surface area contributed by atoms with Crippen LogP contribution in [0.5, 0.6) is 0 Å². The van der Waals surface area contributed by atoms with E-state index in [2.05, 4.69) is 20.8 Å². The fourth-order valence-corrected chi connectivity index (χ4v) is 2.48. The van der Waals surface area contributed by atoms with Gasteiger partial charge in [-0.1, -0.05) is 20.3 Å². The standard InChI is InChI=1S/C10H19Cl/c1-8(11)7-10(2,3)9-5-4-6-9/h8-9H,4-7H2,1-3H3. The number of alkyl halides is 1. The fraction of sp³-hybridized carbons (Fsp3) is 1.00. The molecule has 0 amide bonds. The second-order valence-corrected chi connectivity index (χ2v) is 5.35. The van der Waals surface area contributed by atoms with Gasteiger partial charge in [-0.3, -0.25) is 0 Å². The third-order valence-electron chi connectivity index (χ3n) is 3.02. The van der Waals surface area contributed by atoms with Crippen LogP contribution in [0.2, 0.25) is 0 Å². The van der Waals surface area contributed by atoms with E-state index in [9.17, 15) is 0 Å². The largest absolute Gasteiger partial charge is 0.123 e. The van der Waals surface area contributed by atoms with Gasteiger partial charge in [-0.25, -0.2) is 0 Å². The first kappa shape index (κ1) is 9.38.